The van der Waals surface area contributed by atoms with Gasteiger partial charge in [-0.15, -0.1) is 0 Å². The Balaban J connectivity index is 2.80. The fraction of sp³-hybridized carbons (Fsp3) is 0. The first kappa shape index (κ1) is 8.33. The molecule has 0 aliphatic carbocycles. The maximum atomic E-state index is 10.7. The smallest absolute Gasteiger partial charge is 0.337 e. The Morgan fingerprint density at radius 3 is 2.92 bits per heavy atom. The van der Waals surface area contributed by atoms with Crippen LogP contribution in [0.3, 0.4) is 0 Å². The van der Waals surface area contributed by atoms with Crippen LogP contribution in [-0.4, -0.2) is 5.97 Å². The molecule has 3 nitrogen and oxygen atoms in total. The summed E-state index contributed by atoms with van der Waals surface area (Å²) in [6.45, 7) is 6.77. The molecular weight excluding hydrogens is 156 g/mol. The number of furan rings is 1. The van der Waals surface area contributed by atoms with Crippen LogP contribution >= 0.6 is 0 Å². The molecule has 0 N–H and O–H groups in total. The van der Waals surface area contributed by atoms with E-state index < -0.39 is 5.97 Å². The second-order valence-corrected chi connectivity index (χ2v) is 1.99. The van der Waals surface area contributed by atoms with Gasteiger partial charge < -0.3 is 9.15 Å². The fourth-order valence-corrected chi connectivity index (χ4v) is 0.673. The summed E-state index contributed by atoms with van der Waals surface area (Å²) in [6, 6.07) is 1.65. The molecule has 0 fully saturated rings. The molecule has 1 rings (SSSR count). The molecule has 0 bridgehead atoms. The van der Waals surface area contributed by atoms with Crippen molar-refractivity contribution in [1.82, 2.24) is 0 Å². The van der Waals surface area contributed by atoms with Crippen molar-refractivity contribution in [2.24, 2.45) is 0 Å². The molecule has 0 aliphatic rings. The number of hydrogen-bond donors (Lipinski definition) is 0. The second-order valence-electron chi connectivity index (χ2n) is 1.99. The van der Waals surface area contributed by atoms with E-state index in [0.717, 1.165) is 6.08 Å². The van der Waals surface area contributed by atoms with Crippen molar-refractivity contribution in [2.45, 2.75) is 0 Å². The molecular formula is C9H8O3. The summed E-state index contributed by atoms with van der Waals surface area (Å²) in [5, 5.41) is 0. The molecule has 1 heterocycles. The van der Waals surface area contributed by atoms with Crippen molar-refractivity contribution in [3.63, 3.8) is 0 Å². The Kier molecular flexibility index (Phi) is 2.48. The van der Waals surface area contributed by atoms with Crippen LogP contribution in [0, 0.1) is 0 Å². The van der Waals surface area contributed by atoms with E-state index in [2.05, 4.69) is 13.2 Å². The second kappa shape index (κ2) is 3.57. The highest BCUT2D eigenvalue weighted by atomic mass is 16.6. The average Bonchev–Trinajstić information content (AvgIpc) is 2.51. The first-order chi connectivity index (χ1) is 5.77. The first-order valence-electron chi connectivity index (χ1n) is 3.32. The maximum Gasteiger partial charge on any atom is 0.337 e. The van der Waals surface area contributed by atoms with E-state index in [1.165, 1.54) is 12.3 Å². The summed E-state index contributed by atoms with van der Waals surface area (Å²) in [4.78, 5) is 10.7. The summed E-state index contributed by atoms with van der Waals surface area (Å²) >= 11 is 0. The molecule has 3 heteroatoms. The Labute approximate surface area is 69.9 Å². The van der Waals surface area contributed by atoms with Crippen molar-refractivity contribution >= 4 is 12.0 Å². The molecule has 0 saturated heterocycles. The van der Waals surface area contributed by atoms with Crippen LogP contribution < -0.4 is 4.74 Å². The highest BCUT2D eigenvalue weighted by molar-refractivity contribution is 5.83. The van der Waals surface area contributed by atoms with Gasteiger partial charge in [0.05, 0.1) is 11.8 Å². The third-order valence-corrected chi connectivity index (χ3v) is 1.24. The van der Waals surface area contributed by atoms with E-state index in [-0.39, 0.29) is 5.95 Å². The van der Waals surface area contributed by atoms with Gasteiger partial charge >= 0.3 is 5.97 Å². The Morgan fingerprint density at radius 2 is 2.33 bits per heavy atom. The number of ether oxygens (including phenoxy) is 1. The van der Waals surface area contributed by atoms with Gasteiger partial charge in [0, 0.05) is 6.08 Å². The van der Waals surface area contributed by atoms with Crippen LogP contribution in [0.2, 0.25) is 0 Å². The molecule has 1 aromatic heterocycles. The largest absolute Gasteiger partial charge is 0.433 e. The third-order valence-electron chi connectivity index (χ3n) is 1.24. The lowest BCUT2D eigenvalue weighted by molar-refractivity contribution is -0.130. The molecule has 0 aliphatic heterocycles. The SMILES string of the molecule is C=CC(=O)Oc1occc1C=C. The Hall–Kier alpha value is -1.77. The number of carbonyl (C=O) groups excluding carboxylic acids is 1. The molecule has 62 valence electrons. The van der Waals surface area contributed by atoms with Gasteiger partial charge in [-0.2, -0.15) is 0 Å². The first-order valence-corrected chi connectivity index (χ1v) is 3.32. The molecule has 0 unspecified atom stereocenters. The lowest BCUT2D eigenvalue weighted by Gasteiger charge is -1.95. The minimum absolute atomic E-state index is 0.148. The Morgan fingerprint density at radius 1 is 1.58 bits per heavy atom. The van der Waals surface area contributed by atoms with E-state index in [9.17, 15) is 4.79 Å². The van der Waals surface area contributed by atoms with E-state index >= 15 is 0 Å². The van der Waals surface area contributed by atoms with E-state index in [4.69, 9.17) is 9.15 Å². The predicted molar refractivity (Wildman–Crippen MR) is 44.6 cm³/mol. The topological polar surface area (TPSA) is 39.4 Å². The van der Waals surface area contributed by atoms with E-state index in [1.807, 2.05) is 0 Å². The molecule has 0 amide bonds. The third kappa shape index (κ3) is 1.63. The maximum absolute atomic E-state index is 10.7. The normalized spacial score (nSPS) is 9.00. The summed E-state index contributed by atoms with van der Waals surface area (Å²) in [7, 11) is 0. The lowest BCUT2D eigenvalue weighted by atomic mass is 10.3. The Bertz CT molecular complexity index is 309. The van der Waals surface area contributed by atoms with Crippen molar-refractivity contribution in [2.75, 3.05) is 0 Å². The van der Waals surface area contributed by atoms with Crippen LogP contribution in [0.25, 0.3) is 6.08 Å². The average molecular weight is 164 g/mol. The predicted octanol–water partition coefficient (Wildman–Crippen LogP) is 2.01. The fourth-order valence-electron chi connectivity index (χ4n) is 0.673. The summed E-state index contributed by atoms with van der Waals surface area (Å²) in [5.41, 5.74) is 0.644. The highest BCUT2D eigenvalue weighted by Gasteiger charge is 2.06. The molecule has 0 saturated carbocycles. The zero-order chi connectivity index (χ0) is 8.97. The van der Waals surface area contributed by atoms with Crippen LogP contribution in [0.5, 0.6) is 5.95 Å². The monoisotopic (exact) mass is 164 g/mol. The van der Waals surface area contributed by atoms with Crippen LogP contribution in [0.15, 0.2) is 36.0 Å². The van der Waals surface area contributed by atoms with Crippen LogP contribution in [0.4, 0.5) is 0 Å². The van der Waals surface area contributed by atoms with Crippen LogP contribution in [0.1, 0.15) is 5.56 Å². The summed E-state index contributed by atoms with van der Waals surface area (Å²) < 4.78 is 9.60. The quantitative estimate of drug-likeness (QED) is 0.506. The molecule has 1 aromatic rings. The van der Waals surface area contributed by atoms with Gasteiger partial charge in [-0.3, -0.25) is 0 Å². The van der Waals surface area contributed by atoms with Crippen molar-refractivity contribution in [3.05, 3.63) is 37.1 Å². The van der Waals surface area contributed by atoms with Gasteiger partial charge in [-0.1, -0.05) is 19.2 Å². The molecule has 0 spiro atoms. The molecule has 0 aromatic carbocycles. The number of hydrogen-bond acceptors (Lipinski definition) is 3. The number of esters is 1. The highest BCUT2D eigenvalue weighted by Crippen LogP contribution is 2.20. The van der Waals surface area contributed by atoms with E-state index in [1.54, 1.807) is 6.07 Å². The van der Waals surface area contributed by atoms with Gasteiger partial charge in [-0.25, -0.2) is 4.79 Å². The summed E-state index contributed by atoms with van der Waals surface area (Å²) in [6.07, 6.45) is 4.02. The molecule has 12 heavy (non-hydrogen) atoms. The van der Waals surface area contributed by atoms with Gasteiger partial charge in [-0.05, 0) is 6.07 Å². The summed E-state index contributed by atoms with van der Waals surface area (Å²) in [5.74, 6) is -0.400. The van der Waals surface area contributed by atoms with Gasteiger partial charge in [0.25, 0.3) is 5.95 Å². The number of rotatable bonds is 3. The minimum Gasteiger partial charge on any atom is -0.433 e. The molecule has 0 atom stereocenters. The van der Waals surface area contributed by atoms with Crippen molar-refractivity contribution < 1.29 is 13.9 Å². The minimum atomic E-state index is -0.548. The van der Waals surface area contributed by atoms with Gasteiger partial charge in [0.15, 0.2) is 0 Å². The van der Waals surface area contributed by atoms with Gasteiger partial charge in [0.2, 0.25) is 0 Å². The van der Waals surface area contributed by atoms with Crippen molar-refractivity contribution in [3.8, 4) is 5.95 Å². The lowest BCUT2D eigenvalue weighted by Crippen LogP contribution is -2.02. The number of carbonyl (C=O) groups is 1. The standard InChI is InChI=1S/C9H8O3/c1-3-7-5-6-11-9(7)12-8(10)4-2/h3-6H,1-2H2. The van der Waals surface area contributed by atoms with Gasteiger partial charge in [0.1, 0.15) is 0 Å². The van der Waals surface area contributed by atoms with Crippen molar-refractivity contribution in [1.29, 1.82) is 0 Å². The van der Waals surface area contributed by atoms with E-state index in [0.29, 0.717) is 5.56 Å². The molecule has 0 radical (unpaired) electrons. The zero-order valence-corrected chi connectivity index (χ0v) is 6.45. The zero-order valence-electron chi connectivity index (χ0n) is 6.45. The van der Waals surface area contributed by atoms with Crippen LogP contribution in [-0.2, 0) is 4.79 Å².